The molecule has 0 amide bonds. The van der Waals surface area contributed by atoms with E-state index < -0.39 is 18.2 Å². The fourth-order valence-electron chi connectivity index (χ4n) is 1.67. The molecule has 0 saturated carbocycles. The van der Waals surface area contributed by atoms with Crippen molar-refractivity contribution in [3.8, 4) is 0 Å². The second-order valence-electron chi connectivity index (χ2n) is 3.63. The van der Waals surface area contributed by atoms with E-state index in [1.54, 1.807) is 30.5 Å². The summed E-state index contributed by atoms with van der Waals surface area (Å²) >= 11 is 0. The highest BCUT2D eigenvalue weighted by molar-refractivity contribution is 5.86. The minimum absolute atomic E-state index is 0.179. The Labute approximate surface area is 96.3 Å². The average molecular weight is 235 g/mol. The molecule has 0 spiro atoms. The third-order valence-corrected chi connectivity index (χ3v) is 2.53. The number of aliphatic hydroxyl groups excluding tert-OH is 1. The van der Waals surface area contributed by atoms with Crippen LogP contribution in [0.2, 0.25) is 0 Å². The number of benzene rings is 1. The lowest BCUT2D eigenvalue weighted by Crippen LogP contribution is -2.23. The fraction of sp³-hybridized carbons (Fsp3) is 0.167. The lowest BCUT2D eigenvalue weighted by atomic mass is 10.0. The van der Waals surface area contributed by atoms with E-state index >= 15 is 0 Å². The lowest BCUT2D eigenvalue weighted by molar-refractivity contribution is -0.147. The number of carboxylic acid groups (broad SMARTS) is 1. The van der Waals surface area contributed by atoms with Gasteiger partial charge in [0.15, 0.2) is 0 Å². The van der Waals surface area contributed by atoms with Crippen molar-refractivity contribution in [1.82, 2.24) is 4.98 Å². The van der Waals surface area contributed by atoms with Crippen LogP contribution in [-0.4, -0.2) is 27.3 Å². The summed E-state index contributed by atoms with van der Waals surface area (Å²) in [5.74, 6) is -1.69. The van der Waals surface area contributed by atoms with Gasteiger partial charge in [0.05, 0.1) is 0 Å². The number of carboxylic acids is 1. The van der Waals surface area contributed by atoms with Gasteiger partial charge in [-0.1, -0.05) is 24.3 Å². The molecule has 0 aliphatic carbocycles. The standard InChI is InChI=1S/C12H10FNO3/c13-10(12(16)17)11(15)9-6-14-5-7-3-1-2-4-8(7)9/h1-6,10-11,15H,(H,16,17). The number of carbonyl (C=O) groups is 1. The number of pyridine rings is 1. The van der Waals surface area contributed by atoms with Gasteiger partial charge in [0.1, 0.15) is 6.10 Å². The van der Waals surface area contributed by atoms with Crippen LogP contribution in [0.5, 0.6) is 0 Å². The van der Waals surface area contributed by atoms with Crippen molar-refractivity contribution >= 4 is 16.7 Å². The summed E-state index contributed by atoms with van der Waals surface area (Å²) in [6.07, 6.45) is -1.23. The van der Waals surface area contributed by atoms with Crippen molar-refractivity contribution in [2.75, 3.05) is 0 Å². The molecule has 0 aliphatic rings. The van der Waals surface area contributed by atoms with Crippen molar-refractivity contribution in [1.29, 1.82) is 0 Å². The quantitative estimate of drug-likeness (QED) is 0.849. The summed E-state index contributed by atoms with van der Waals surface area (Å²) < 4.78 is 13.3. The van der Waals surface area contributed by atoms with Gasteiger partial charge >= 0.3 is 5.97 Å². The van der Waals surface area contributed by atoms with Gasteiger partial charge < -0.3 is 10.2 Å². The third-order valence-electron chi connectivity index (χ3n) is 2.53. The Bertz CT molecular complexity index is 553. The molecule has 2 atom stereocenters. The predicted octanol–water partition coefficient (Wildman–Crippen LogP) is 1.69. The van der Waals surface area contributed by atoms with Gasteiger partial charge in [0.2, 0.25) is 6.17 Å². The highest BCUT2D eigenvalue weighted by atomic mass is 19.1. The number of alkyl halides is 1. The number of halogens is 1. The number of fused-ring (bicyclic) bond motifs is 1. The molecule has 17 heavy (non-hydrogen) atoms. The van der Waals surface area contributed by atoms with Crippen molar-refractivity contribution < 1.29 is 19.4 Å². The van der Waals surface area contributed by atoms with Crippen LogP contribution in [0, 0.1) is 0 Å². The molecule has 0 aliphatic heterocycles. The molecule has 2 rings (SSSR count). The number of aromatic nitrogens is 1. The van der Waals surface area contributed by atoms with Crippen LogP contribution in [-0.2, 0) is 4.79 Å². The van der Waals surface area contributed by atoms with Crippen molar-refractivity contribution in [3.63, 3.8) is 0 Å². The molecule has 2 N–H and O–H groups in total. The smallest absolute Gasteiger partial charge is 0.341 e. The molecule has 0 fully saturated rings. The monoisotopic (exact) mass is 235 g/mol. The van der Waals surface area contributed by atoms with Gasteiger partial charge in [-0.3, -0.25) is 4.98 Å². The molecular formula is C12H10FNO3. The zero-order valence-corrected chi connectivity index (χ0v) is 8.75. The zero-order valence-electron chi connectivity index (χ0n) is 8.75. The van der Waals surface area contributed by atoms with Gasteiger partial charge in [0, 0.05) is 23.3 Å². The molecular weight excluding hydrogens is 225 g/mol. The maximum atomic E-state index is 13.3. The second-order valence-corrected chi connectivity index (χ2v) is 3.63. The third kappa shape index (κ3) is 2.09. The van der Waals surface area contributed by atoms with E-state index in [-0.39, 0.29) is 5.56 Å². The van der Waals surface area contributed by atoms with E-state index in [0.29, 0.717) is 5.39 Å². The van der Waals surface area contributed by atoms with Crippen LogP contribution in [0.15, 0.2) is 36.7 Å². The van der Waals surface area contributed by atoms with Crippen molar-refractivity contribution in [2.45, 2.75) is 12.3 Å². The normalized spacial score (nSPS) is 14.5. The molecule has 4 nitrogen and oxygen atoms in total. The van der Waals surface area contributed by atoms with E-state index in [1.165, 1.54) is 6.20 Å². The fourth-order valence-corrected chi connectivity index (χ4v) is 1.67. The number of nitrogens with zero attached hydrogens (tertiary/aromatic N) is 1. The lowest BCUT2D eigenvalue weighted by Gasteiger charge is -2.14. The van der Waals surface area contributed by atoms with Crippen molar-refractivity contribution in [2.24, 2.45) is 0 Å². The minimum atomic E-state index is -2.36. The zero-order chi connectivity index (χ0) is 12.4. The van der Waals surface area contributed by atoms with E-state index in [0.717, 1.165) is 5.39 Å². The van der Waals surface area contributed by atoms with E-state index in [1.807, 2.05) is 0 Å². The van der Waals surface area contributed by atoms with Crippen LogP contribution in [0.25, 0.3) is 10.8 Å². The summed E-state index contributed by atoms with van der Waals surface area (Å²) in [6.45, 7) is 0. The predicted molar refractivity (Wildman–Crippen MR) is 59.2 cm³/mol. The number of hydrogen-bond donors (Lipinski definition) is 2. The Hall–Kier alpha value is -2.01. The van der Waals surface area contributed by atoms with Gasteiger partial charge in [-0.25, -0.2) is 9.18 Å². The van der Waals surface area contributed by atoms with E-state index in [9.17, 15) is 14.3 Å². The molecule has 1 heterocycles. The molecule has 0 bridgehead atoms. The topological polar surface area (TPSA) is 70.4 Å². The molecule has 0 saturated heterocycles. The summed E-state index contributed by atoms with van der Waals surface area (Å²) in [7, 11) is 0. The van der Waals surface area contributed by atoms with E-state index in [4.69, 9.17) is 5.11 Å². The number of aliphatic hydroxyl groups is 1. The first-order chi connectivity index (χ1) is 8.11. The molecule has 2 unspecified atom stereocenters. The SMILES string of the molecule is O=C(O)C(F)C(O)c1cncc2ccccc12. The summed E-state index contributed by atoms with van der Waals surface area (Å²) in [5.41, 5.74) is 0.179. The summed E-state index contributed by atoms with van der Waals surface area (Å²) in [5, 5.41) is 19.5. The Morgan fingerprint density at radius 1 is 1.29 bits per heavy atom. The second kappa shape index (κ2) is 4.47. The molecule has 88 valence electrons. The number of aliphatic carboxylic acids is 1. The maximum Gasteiger partial charge on any atom is 0.341 e. The highest BCUT2D eigenvalue weighted by Crippen LogP contribution is 2.26. The summed E-state index contributed by atoms with van der Waals surface area (Å²) in [4.78, 5) is 14.4. The van der Waals surface area contributed by atoms with Gasteiger partial charge in [-0.15, -0.1) is 0 Å². The Morgan fingerprint density at radius 2 is 2.00 bits per heavy atom. The first kappa shape index (κ1) is 11.5. The first-order valence-corrected chi connectivity index (χ1v) is 4.99. The molecule has 5 heteroatoms. The van der Waals surface area contributed by atoms with Crippen LogP contribution >= 0.6 is 0 Å². The largest absolute Gasteiger partial charge is 0.479 e. The highest BCUT2D eigenvalue weighted by Gasteiger charge is 2.28. The average Bonchev–Trinajstić information content (AvgIpc) is 2.36. The maximum absolute atomic E-state index is 13.3. The molecule has 2 aromatic rings. The van der Waals surface area contributed by atoms with Gasteiger partial charge in [0.25, 0.3) is 0 Å². The Morgan fingerprint density at radius 3 is 2.71 bits per heavy atom. The van der Waals surface area contributed by atoms with Crippen LogP contribution in [0.1, 0.15) is 11.7 Å². The van der Waals surface area contributed by atoms with E-state index in [2.05, 4.69) is 4.98 Å². The van der Waals surface area contributed by atoms with Crippen LogP contribution in [0.4, 0.5) is 4.39 Å². The summed E-state index contributed by atoms with van der Waals surface area (Å²) in [6, 6.07) is 6.95. The van der Waals surface area contributed by atoms with Gasteiger partial charge in [-0.05, 0) is 5.39 Å². The molecule has 1 aromatic carbocycles. The van der Waals surface area contributed by atoms with Crippen LogP contribution < -0.4 is 0 Å². The number of hydrogen-bond acceptors (Lipinski definition) is 3. The first-order valence-electron chi connectivity index (χ1n) is 4.99. The van der Waals surface area contributed by atoms with Crippen molar-refractivity contribution in [3.05, 3.63) is 42.2 Å². The molecule has 0 radical (unpaired) electrons. The Kier molecular flexibility index (Phi) is 3.01. The van der Waals surface area contributed by atoms with Gasteiger partial charge in [-0.2, -0.15) is 0 Å². The minimum Gasteiger partial charge on any atom is -0.479 e. The molecule has 1 aromatic heterocycles. The number of rotatable bonds is 3. The Balaban J connectivity index is 2.52. The van der Waals surface area contributed by atoms with Crippen LogP contribution in [0.3, 0.4) is 0 Å².